The topological polar surface area (TPSA) is 77.0 Å². The zero-order chi connectivity index (χ0) is 22.6. The summed E-state index contributed by atoms with van der Waals surface area (Å²) in [5.74, 6) is 0.446. The largest absolute Gasteiger partial charge is 0.471 e. The number of nitrogens with zero attached hydrogens (tertiary/aromatic N) is 3. The Morgan fingerprint density at radius 2 is 1.82 bits per heavy atom. The number of aromatic nitrogens is 3. The van der Waals surface area contributed by atoms with Crippen LogP contribution in [0.2, 0.25) is 0 Å². The first-order chi connectivity index (χ1) is 16.2. The second kappa shape index (κ2) is 9.48. The monoisotopic (exact) mass is 472 g/mol. The highest BCUT2D eigenvalue weighted by Gasteiger charge is 2.15. The van der Waals surface area contributed by atoms with E-state index in [2.05, 4.69) is 37.8 Å². The van der Waals surface area contributed by atoms with Crippen LogP contribution in [0.15, 0.2) is 71.7 Å². The maximum Gasteiger partial charge on any atom is 0.231 e. The van der Waals surface area contributed by atoms with Gasteiger partial charge in [0.25, 0.3) is 0 Å². The molecule has 0 bridgehead atoms. The quantitative estimate of drug-likeness (QED) is 0.320. The molecule has 6 nitrogen and oxygen atoms in total. The molecule has 1 amide bonds. The highest BCUT2D eigenvalue weighted by atomic mass is 32.1. The van der Waals surface area contributed by atoms with E-state index in [1.807, 2.05) is 54.8 Å². The van der Waals surface area contributed by atoms with Crippen LogP contribution in [0, 0.1) is 6.92 Å². The Morgan fingerprint density at radius 1 is 1.00 bits per heavy atom. The number of para-hydroxylation sites is 1. The van der Waals surface area contributed by atoms with Crippen molar-refractivity contribution in [2.75, 3.05) is 5.32 Å². The van der Waals surface area contributed by atoms with Gasteiger partial charge >= 0.3 is 0 Å². The van der Waals surface area contributed by atoms with Crippen molar-refractivity contribution in [1.29, 1.82) is 0 Å². The number of carbonyl (C=O) groups excluding carboxylic acids is 1. The average molecular weight is 473 g/mol. The molecule has 5 aromatic rings. The van der Waals surface area contributed by atoms with Crippen molar-refractivity contribution in [3.05, 3.63) is 87.9 Å². The van der Waals surface area contributed by atoms with E-state index in [1.165, 1.54) is 17.7 Å². The summed E-state index contributed by atoms with van der Waals surface area (Å²) in [7, 11) is 0. The molecule has 0 spiro atoms. The zero-order valence-corrected chi connectivity index (χ0v) is 19.5. The van der Waals surface area contributed by atoms with Crippen LogP contribution in [0.1, 0.15) is 16.3 Å². The molecule has 0 radical (unpaired) electrons. The van der Waals surface area contributed by atoms with Crippen LogP contribution in [0.4, 0.5) is 5.69 Å². The maximum absolute atomic E-state index is 12.4. The van der Waals surface area contributed by atoms with Crippen molar-refractivity contribution >= 4 is 44.5 Å². The number of hydrogen-bond acceptors (Lipinski definition) is 7. The number of thiazole rings is 1. The predicted octanol–water partition coefficient (Wildman–Crippen LogP) is 5.88. The summed E-state index contributed by atoms with van der Waals surface area (Å²) in [4.78, 5) is 26.6. The zero-order valence-electron chi connectivity index (χ0n) is 17.8. The van der Waals surface area contributed by atoms with Crippen molar-refractivity contribution in [2.45, 2.75) is 20.0 Å². The molecule has 1 N–H and O–H groups in total. The Hall–Kier alpha value is -3.62. The minimum atomic E-state index is -0.0885. The number of anilines is 1. The number of aryl methyl sites for hydroxylation is 1. The van der Waals surface area contributed by atoms with Gasteiger partial charge in [-0.2, -0.15) is 0 Å². The van der Waals surface area contributed by atoms with Gasteiger partial charge in [0, 0.05) is 22.0 Å². The molecule has 0 atom stereocenters. The van der Waals surface area contributed by atoms with Crippen molar-refractivity contribution in [3.63, 3.8) is 0 Å². The molecular weight excluding hydrogens is 452 g/mol. The number of nitrogens with one attached hydrogen (secondary N) is 1. The lowest BCUT2D eigenvalue weighted by Gasteiger charge is -2.07. The fourth-order valence-electron chi connectivity index (χ4n) is 3.47. The van der Waals surface area contributed by atoms with Gasteiger partial charge in [-0.25, -0.2) is 15.0 Å². The number of rotatable bonds is 7. The minimum absolute atomic E-state index is 0.0885. The summed E-state index contributed by atoms with van der Waals surface area (Å²) in [6.07, 6.45) is 1.74. The number of fused-ring (bicyclic) bond motifs is 1. The number of carbonyl (C=O) groups is 1. The molecule has 0 saturated heterocycles. The molecule has 33 heavy (non-hydrogen) atoms. The third-order valence-corrected chi connectivity index (χ3v) is 6.89. The lowest BCUT2D eigenvalue weighted by molar-refractivity contribution is -0.115. The van der Waals surface area contributed by atoms with Crippen LogP contribution in [0.25, 0.3) is 21.3 Å². The van der Waals surface area contributed by atoms with Crippen molar-refractivity contribution in [3.8, 4) is 17.0 Å². The first kappa shape index (κ1) is 21.2. The van der Waals surface area contributed by atoms with Crippen molar-refractivity contribution in [2.24, 2.45) is 0 Å². The molecular formula is C25H20N4O2S2. The van der Waals surface area contributed by atoms with Crippen molar-refractivity contribution < 1.29 is 9.53 Å². The molecule has 2 aromatic carbocycles. The Morgan fingerprint density at radius 3 is 2.67 bits per heavy atom. The van der Waals surface area contributed by atoms with E-state index >= 15 is 0 Å². The van der Waals surface area contributed by atoms with Crippen LogP contribution in [0.3, 0.4) is 0 Å². The smallest absolute Gasteiger partial charge is 0.231 e. The van der Waals surface area contributed by atoms with Gasteiger partial charge in [-0.05, 0) is 24.1 Å². The second-order valence-electron chi connectivity index (χ2n) is 7.44. The fourth-order valence-corrected chi connectivity index (χ4v) is 5.15. The van der Waals surface area contributed by atoms with Crippen LogP contribution < -0.4 is 10.1 Å². The van der Waals surface area contributed by atoms with E-state index in [4.69, 9.17) is 4.74 Å². The number of amides is 1. The van der Waals surface area contributed by atoms with Gasteiger partial charge in [0.1, 0.15) is 22.8 Å². The van der Waals surface area contributed by atoms with Gasteiger partial charge in [0.15, 0.2) is 0 Å². The second-order valence-corrected chi connectivity index (χ2v) is 9.24. The Bertz CT molecular complexity index is 1410. The van der Waals surface area contributed by atoms with E-state index < -0.39 is 0 Å². The summed E-state index contributed by atoms with van der Waals surface area (Å²) >= 11 is 3.02. The number of thiophene rings is 1. The predicted molar refractivity (Wildman–Crippen MR) is 133 cm³/mol. The van der Waals surface area contributed by atoms with E-state index in [9.17, 15) is 4.79 Å². The van der Waals surface area contributed by atoms with Crippen LogP contribution in [0.5, 0.6) is 5.88 Å². The number of benzene rings is 2. The third-order valence-electron chi connectivity index (χ3n) is 5.11. The molecule has 3 aromatic heterocycles. The average Bonchev–Trinajstić information content (AvgIpc) is 3.47. The fraction of sp³-hybridized carbons (Fsp3) is 0.120. The number of hydrogen-bond donors (Lipinski definition) is 1. The molecule has 0 fully saturated rings. The molecule has 0 aliphatic rings. The van der Waals surface area contributed by atoms with Crippen LogP contribution in [-0.4, -0.2) is 20.9 Å². The van der Waals surface area contributed by atoms with E-state index in [0.29, 0.717) is 5.88 Å². The Kier molecular flexibility index (Phi) is 6.10. The maximum atomic E-state index is 12.4. The molecule has 3 heterocycles. The first-order valence-electron chi connectivity index (χ1n) is 10.4. The van der Waals surface area contributed by atoms with Gasteiger partial charge in [0.05, 0.1) is 17.5 Å². The molecule has 8 heteroatoms. The minimum Gasteiger partial charge on any atom is -0.471 e. The van der Waals surface area contributed by atoms with Crippen molar-refractivity contribution in [1.82, 2.24) is 15.0 Å². The van der Waals surface area contributed by atoms with Gasteiger partial charge in [-0.1, -0.05) is 48.5 Å². The standard InChI is InChI=1S/C25H20N4O2S2/c1-16-7-5-6-10-20(16)29-21(30)11-22-28-18(13-32-22)12-31-24-23-19(17-8-3-2-4-9-17)14-33-25(23)27-15-26-24/h2-10,13-15H,11-12H2,1H3,(H,29,30). The Balaban J connectivity index is 1.28. The normalized spacial score (nSPS) is 10.9. The van der Waals surface area contributed by atoms with Gasteiger partial charge in [0.2, 0.25) is 11.8 Å². The summed E-state index contributed by atoms with van der Waals surface area (Å²) < 4.78 is 6.05. The molecule has 0 unspecified atom stereocenters. The highest BCUT2D eigenvalue weighted by molar-refractivity contribution is 7.17. The lowest BCUT2D eigenvalue weighted by atomic mass is 10.1. The summed E-state index contributed by atoms with van der Waals surface area (Å²) in [5.41, 5.74) is 4.76. The molecule has 164 valence electrons. The van der Waals surface area contributed by atoms with Gasteiger partial charge in [-0.15, -0.1) is 22.7 Å². The third kappa shape index (κ3) is 4.76. The van der Waals surface area contributed by atoms with Gasteiger partial charge in [-0.3, -0.25) is 4.79 Å². The molecule has 5 rings (SSSR count). The van der Waals surface area contributed by atoms with Gasteiger partial charge < -0.3 is 10.1 Å². The van der Waals surface area contributed by atoms with E-state index in [1.54, 1.807) is 11.3 Å². The summed E-state index contributed by atoms with van der Waals surface area (Å²) in [6.45, 7) is 2.24. The van der Waals surface area contributed by atoms with E-state index in [-0.39, 0.29) is 18.9 Å². The number of ether oxygens (including phenoxy) is 1. The van der Waals surface area contributed by atoms with Crippen LogP contribution in [-0.2, 0) is 17.8 Å². The summed E-state index contributed by atoms with van der Waals surface area (Å²) in [5, 5.41) is 8.59. The first-order valence-corrected chi connectivity index (χ1v) is 12.1. The van der Waals surface area contributed by atoms with E-state index in [0.717, 1.165) is 43.3 Å². The molecule has 0 saturated carbocycles. The Labute approximate surface area is 199 Å². The highest BCUT2D eigenvalue weighted by Crippen LogP contribution is 2.37. The SMILES string of the molecule is Cc1ccccc1NC(=O)Cc1nc(COc2ncnc3scc(-c4ccccc4)c23)cs1. The molecule has 0 aliphatic heterocycles. The van der Waals surface area contributed by atoms with Crippen LogP contribution >= 0.6 is 22.7 Å². The molecule has 0 aliphatic carbocycles. The summed E-state index contributed by atoms with van der Waals surface area (Å²) in [6, 6.07) is 17.8. The lowest BCUT2D eigenvalue weighted by Crippen LogP contribution is -2.15.